The van der Waals surface area contributed by atoms with Crippen LogP contribution in [0, 0.1) is 0 Å². The van der Waals surface area contributed by atoms with E-state index in [2.05, 4.69) is 18.7 Å². The first-order valence-corrected chi connectivity index (χ1v) is 13.1. The summed E-state index contributed by atoms with van der Waals surface area (Å²) in [5, 5.41) is 1.97. The molecule has 0 aliphatic heterocycles. The number of fused-ring (bicyclic) bond motifs is 1. The number of ether oxygens (including phenoxy) is 1. The van der Waals surface area contributed by atoms with Crippen LogP contribution >= 0.6 is 58.7 Å². The Kier molecular flexibility index (Phi) is 11.6. The Labute approximate surface area is 219 Å². The van der Waals surface area contributed by atoms with E-state index in [4.69, 9.17) is 32.9 Å². The molecule has 1 amide bonds. The van der Waals surface area contributed by atoms with Crippen LogP contribution in [0.2, 0.25) is 10.0 Å². The minimum Gasteiger partial charge on any atom is -0.494 e. The fourth-order valence-corrected chi connectivity index (χ4v) is 5.52. The Morgan fingerprint density at radius 2 is 1.79 bits per heavy atom. The summed E-state index contributed by atoms with van der Waals surface area (Å²) in [5.74, 6) is 1.38. The molecule has 0 atom stereocenters. The van der Waals surface area contributed by atoms with Gasteiger partial charge >= 0.3 is 0 Å². The molecule has 0 aliphatic rings. The summed E-state index contributed by atoms with van der Waals surface area (Å²) in [7, 11) is 1.61. The molecule has 1 aromatic heterocycles. The van der Waals surface area contributed by atoms with Crippen LogP contribution < -0.4 is 9.64 Å². The molecule has 3 rings (SSSR count). The number of halogens is 3. The summed E-state index contributed by atoms with van der Waals surface area (Å²) < 4.78 is 6.28. The molecule has 1 heterocycles. The number of likely N-dealkylation sites (N-methyl/N-ethyl adjacent to an activating group) is 1. The van der Waals surface area contributed by atoms with E-state index in [0.29, 0.717) is 45.2 Å². The highest BCUT2D eigenvalue weighted by atomic mass is 35.5. The molecule has 0 saturated carbocycles. The van der Waals surface area contributed by atoms with Crippen molar-refractivity contribution in [3.8, 4) is 5.75 Å². The fraction of sp³-hybridized carbons (Fsp3) is 0.391. The predicted octanol–water partition coefficient (Wildman–Crippen LogP) is 6.89. The average Bonchev–Trinajstić information content (AvgIpc) is 3.24. The number of hydrogen-bond acceptors (Lipinski definition) is 6. The highest BCUT2D eigenvalue weighted by molar-refractivity contribution is 7.99. The fourth-order valence-electron chi connectivity index (χ4n) is 3.25. The van der Waals surface area contributed by atoms with Crippen molar-refractivity contribution in [1.82, 2.24) is 9.88 Å². The normalized spacial score (nSPS) is 11.0. The zero-order valence-corrected chi connectivity index (χ0v) is 22.8. The lowest BCUT2D eigenvalue weighted by Crippen LogP contribution is -2.39. The molecule has 2 aromatic carbocycles. The third-order valence-corrected chi connectivity index (χ3v) is 7.94. The van der Waals surface area contributed by atoms with Gasteiger partial charge in [-0.25, -0.2) is 4.98 Å². The molecule has 0 N–H and O–H groups in total. The van der Waals surface area contributed by atoms with Gasteiger partial charge in [0.1, 0.15) is 11.3 Å². The first-order chi connectivity index (χ1) is 15.5. The van der Waals surface area contributed by atoms with Crippen molar-refractivity contribution in [2.75, 3.05) is 43.9 Å². The molecular weight excluding hydrogens is 521 g/mol. The average molecular weight is 549 g/mol. The number of nitrogens with zero attached hydrogens (tertiary/aromatic N) is 3. The van der Waals surface area contributed by atoms with Crippen molar-refractivity contribution in [1.29, 1.82) is 0 Å². The lowest BCUT2D eigenvalue weighted by atomic mass is 10.3. The predicted molar refractivity (Wildman–Crippen MR) is 145 cm³/mol. The van der Waals surface area contributed by atoms with Crippen LogP contribution in [0.1, 0.15) is 20.3 Å². The zero-order valence-electron chi connectivity index (χ0n) is 18.8. The molecule has 10 heteroatoms. The minimum absolute atomic E-state index is 0. The van der Waals surface area contributed by atoms with Crippen LogP contribution in [0.3, 0.4) is 0 Å². The van der Waals surface area contributed by atoms with Gasteiger partial charge in [-0.1, -0.05) is 48.4 Å². The number of hydrogen-bond donors (Lipinski definition) is 0. The number of rotatable bonds is 11. The van der Waals surface area contributed by atoms with Gasteiger partial charge in [-0.2, -0.15) is 0 Å². The highest BCUT2D eigenvalue weighted by Crippen LogP contribution is 2.39. The summed E-state index contributed by atoms with van der Waals surface area (Å²) in [6.07, 6.45) is 0.409. The minimum atomic E-state index is 0. The van der Waals surface area contributed by atoms with E-state index in [0.717, 1.165) is 29.2 Å². The standard InChI is InChI=1S/C23H27Cl2N3O2S2.ClH/c1-4-27(5-2)13-14-28(20(29)12-15-31-17-8-6-16(24)7-9-17)23-26-21-19(30-3)11-10-18(25)22(21)32-23;/h6-11H,4-5,12-15H2,1-3H3;1H. The smallest absolute Gasteiger partial charge is 0.229 e. The van der Waals surface area contributed by atoms with Gasteiger partial charge in [-0.05, 0) is 49.5 Å². The Morgan fingerprint density at radius 1 is 1.09 bits per heavy atom. The second kappa shape index (κ2) is 13.6. The van der Waals surface area contributed by atoms with Crippen molar-refractivity contribution < 1.29 is 9.53 Å². The molecule has 3 aromatic rings. The summed E-state index contributed by atoms with van der Waals surface area (Å²) in [4.78, 5) is 23.2. The van der Waals surface area contributed by atoms with Crippen molar-refractivity contribution in [2.45, 2.75) is 25.2 Å². The summed E-state index contributed by atoms with van der Waals surface area (Å²) >= 11 is 15.4. The second-order valence-corrected chi connectivity index (χ2v) is 10.0. The largest absolute Gasteiger partial charge is 0.494 e. The Hall–Kier alpha value is -1.22. The lowest BCUT2D eigenvalue weighted by Gasteiger charge is -2.24. The molecule has 5 nitrogen and oxygen atoms in total. The zero-order chi connectivity index (χ0) is 23.1. The molecular formula is C23H28Cl3N3O2S2. The van der Waals surface area contributed by atoms with Gasteiger partial charge < -0.3 is 9.64 Å². The number of anilines is 1. The topological polar surface area (TPSA) is 45.7 Å². The molecule has 180 valence electrons. The van der Waals surface area contributed by atoms with Crippen LogP contribution in [0.4, 0.5) is 5.13 Å². The second-order valence-electron chi connectivity index (χ2n) is 7.05. The van der Waals surface area contributed by atoms with Gasteiger partial charge in [0.05, 0.1) is 16.8 Å². The Bertz CT molecular complexity index is 1040. The SMILES string of the molecule is CCN(CC)CCN(C(=O)CCSc1ccc(Cl)cc1)c1nc2c(OC)ccc(Cl)c2s1.Cl. The van der Waals surface area contributed by atoms with E-state index in [1.807, 2.05) is 24.3 Å². The quantitative estimate of drug-likeness (QED) is 0.244. The van der Waals surface area contributed by atoms with Crippen molar-refractivity contribution in [2.24, 2.45) is 0 Å². The maximum Gasteiger partial charge on any atom is 0.229 e. The number of thioether (sulfide) groups is 1. The van der Waals surface area contributed by atoms with E-state index in [1.165, 1.54) is 11.3 Å². The summed E-state index contributed by atoms with van der Waals surface area (Å²) in [6.45, 7) is 7.48. The molecule has 0 radical (unpaired) electrons. The van der Waals surface area contributed by atoms with Crippen LogP contribution in [-0.2, 0) is 4.79 Å². The van der Waals surface area contributed by atoms with Crippen LogP contribution in [0.5, 0.6) is 5.75 Å². The lowest BCUT2D eigenvalue weighted by molar-refractivity contribution is -0.118. The molecule has 0 unspecified atom stereocenters. The number of aromatic nitrogens is 1. The molecule has 0 saturated heterocycles. The molecule has 0 fully saturated rings. The number of benzene rings is 2. The van der Waals surface area contributed by atoms with E-state index in [9.17, 15) is 4.79 Å². The molecule has 0 aliphatic carbocycles. The van der Waals surface area contributed by atoms with Gasteiger partial charge in [-0.3, -0.25) is 9.69 Å². The summed E-state index contributed by atoms with van der Waals surface area (Å²) in [5.41, 5.74) is 0.691. The first kappa shape index (κ1) is 28.0. The van der Waals surface area contributed by atoms with Crippen LogP contribution in [0.25, 0.3) is 10.2 Å². The number of amides is 1. The Morgan fingerprint density at radius 3 is 2.42 bits per heavy atom. The number of carbonyl (C=O) groups excluding carboxylic acids is 1. The van der Waals surface area contributed by atoms with Crippen molar-refractivity contribution >= 4 is 80.0 Å². The maximum absolute atomic E-state index is 13.3. The molecule has 33 heavy (non-hydrogen) atoms. The number of methoxy groups -OCH3 is 1. The maximum atomic E-state index is 13.3. The van der Waals surface area contributed by atoms with Gasteiger partial charge in [0.25, 0.3) is 0 Å². The molecule has 0 spiro atoms. The number of carbonyl (C=O) groups is 1. The Balaban J connectivity index is 0.00000385. The van der Waals surface area contributed by atoms with Gasteiger partial charge in [-0.15, -0.1) is 24.2 Å². The van der Waals surface area contributed by atoms with E-state index in [1.54, 1.807) is 35.9 Å². The third kappa shape index (κ3) is 7.38. The van der Waals surface area contributed by atoms with Crippen LogP contribution in [-0.4, -0.2) is 54.8 Å². The van der Waals surface area contributed by atoms with Gasteiger partial charge in [0.2, 0.25) is 5.91 Å². The highest BCUT2D eigenvalue weighted by Gasteiger charge is 2.22. The van der Waals surface area contributed by atoms with Crippen molar-refractivity contribution in [3.63, 3.8) is 0 Å². The first-order valence-electron chi connectivity index (χ1n) is 10.5. The van der Waals surface area contributed by atoms with Gasteiger partial charge in [0.15, 0.2) is 5.13 Å². The summed E-state index contributed by atoms with van der Waals surface area (Å²) in [6, 6.07) is 11.3. The van der Waals surface area contributed by atoms with Gasteiger partial charge in [0, 0.05) is 35.2 Å². The van der Waals surface area contributed by atoms with Crippen LogP contribution in [0.15, 0.2) is 41.3 Å². The number of thiazole rings is 1. The monoisotopic (exact) mass is 547 g/mol. The van der Waals surface area contributed by atoms with E-state index in [-0.39, 0.29) is 18.3 Å². The van der Waals surface area contributed by atoms with Crippen molar-refractivity contribution in [3.05, 3.63) is 46.4 Å². The van der Waals surface area contributed by atoms with E-state index >= 15 is 0 Å². The van der Waals surface area contributed by atoms with E-state index < -0.39 is 0 Å². The third-order valence-electron chi connectivity index (χ3n) is 5.13. The molecule has 0 bridgehead atoms.